The summed E-state index contributed by atoms with van der Waals surface area (Å²) in [7, 11) is 3.35. The molecule has 1 rings (SSSR count). The number of nitrogens with zero attached hydrogens (tertiary/aromatic N) is 2. The van der Waals surface area contributed by atoms with Crippen LogP contribution >= 0.6 is 0 Å². The van der Waals surface area contributed by atoms with Gasteiger partial charge in [0.05, 0.1) is 12.8 Å². The van der Waals surface area contributed by atoms with Gasteiger partial charge in [-0.3, -0.25) is 9.48 Å². The second kappa shape index (κ2) is 7.06. The number of hydrogen-bond donors (Lipinski definition) is 1. The fourth-order valence-corrected chi connectivity index (χ4v) is 1.71. The molecule has 1 aromatic heterocycles. The quantitative estimate of drug-likeness (QED) is 0.570. The first-order chi connectivity index (χ1) is 8.17. The second-order valence-corrected chi connectivity index (χ2v) is 3.98. The van der Waals surface area contributed by atoms with Gasteiger partial charge in [0.1, 0.15) is 0 Å². The van der Waals surface area contributed by atoms with Crippen LogP contribution in [0.2, 0.25) is 0 Å². The molecule has 0 aliphatic rings. The molecule has 17 heavy (non-hydrogen) atoms. The minimum absolute atomic E-state index is 0.151. The van der Waals surface area contributed by atoms with Crippen LogP contribution < -0.4 is 5.32 Å². The summed E-state index contributed by atoms with van der Waals surface area (Å²) in [4.78, 5) is 10.9. The highest BCUT2D eigenvalue weighted by Gasteiger charge is 2.05. The Labute approximate surface area is 102 Å². The van der Waals surface area contributed by atoms with Crippen molar-refractivity contribution in [2.75, 3.05) is 13.7 Å². The smallest absolute Gasteiger partial charge is 0.305 e. The maximum Gasteiger partial charge on any atom is 0.305 e. The zero-order chi connectivity index (χ0) is 12.7. The number of rotatable bonds is 7. The number of aryl methyl sites for hydroxylation is 2. The first kappa shape index (κ1) is 13.7. The van der Waals surface area contributed by atoms with Gasteiger partial charge in [-0.05, 0) is 19.4 Å². The Morgan fingerprint density at radius 3 is 3.00 bits per heavy atom. The molecular weight excluding hydrogens is 218 g/mol. The van der Waals surface area contributed by atoms with Gasteiger partial charge in [-0.1, -0.05) is 6.92 Å². The highest BCUT2D eigenvalue weighted by molar-refractivity contribution is 5.69. The van der Waals surface area contributed by atoms with Crippen LogP contribution in [0.1, 0.15) is 31.0 Å². The summed E-state index contributed by atoms with van der Waals surface area (Å²) in [5.74, 6) is -0.151. The summed E-state index contributed by atoms with van der Waals surface area (Å²) in [6.45, 7) is 3.72. The van der Waals surface area contributed by atoms with E-state index in [1.54, 1.807) is 0 Å². The zero-order valence-corrected chi connectivity index (χ0v) is 10.8. The number of carbonyl (C=O) groups excluding carboxylic acids is 1. The molecule has 0 aliphatic carbocycles. The monoisotopic (exact) mass is 239 g/mol. The number of esters is 1. The predicted octanol–water partition coefficient (Wildman–Crippen LogP) is 1.03. The molecule has 0 aromatic carbocycles. The van der Waals surface area contributed by atoms with E-state index in [0.717, 1.165) is 31.6 Å². The molecule has 0 unspecified atom stereocenters. The maximum atomic E-state index is 10.9. The minimum atomic E-state index is -0.151. The van der Waals surface area contributed by atoms with E-state index in [1.165, 1.54) is 12.7 Å². The van der Waals surface area contributed by atoms with E-state index in [-0.39, 0.29) is 5.97 Å². The van der Waals surface area contributed by atoms with Gasteiger partial charge in [-0.25, -0.2) is 0 Å². The summed E-state index contributed by atoms with van der Waals surface area (Å²) >= 11 is 0. The number of hydrogen-bond acceptors (Lipinski definition) is 4. The van der Waals surface area contributed by atoms with Gasteiger partial charge in [0.15, 0.2) is 0 Å². The highest BCUT2D eigenvalue weighted by Crippen LogP contribution is 2.06. The third-order valence-corrected chi connectivity index (χ3v) is 2.60. The van der Waals surface area contributed by atoms with Crippen LogP contribution in [0.3, 0.4) is 0 Å². The van der Waals surface area contributed by atoms with Crippen LogP contribution in [0.15, 0.2) is 6.20 Å². The second-order valence-electron chi connectivity index (χ2n) is 3.98. The van der Waals surface area contributed by atoms with Crippen LogP contribution in [-0.2, 0) is 29.5 Å². The van der Waals surface area contributed by atoms with E-state index in [4.69, 9.17) is 0 Å². The molecule has 0 radical (unpaired) electrons. The highest BCUT2D eigenvalue weighted by atomic mass is 16.5. The number of nitrogens with one attached hydrogen (secondary N) is 1. The molecule has 1 heterocycles. The van der Waals surface area contributed by atoms with Crippen LogP contribution in [0.25, 0.3) is 0 Å². The number of ether oxygens (including phenoxy) is 1. The number of carbonyl (C=O) groups is 1. The molecule has 0 saturated heterocycles. The Kier molecular flexibility index (Phi) is 5.69. The first-order valence-electron chi connectivity index (χ1n) is 5.96. The zero-order valence-electron chi connectivity index (χ0n) is 10.8. The molecule has 0 amide bonds. The number of methoxy groups -OCH3 is 1. The molecule has 0 spiro atoms. The molecule has 1 N–H and O–H groups in total. The largest absolute Gasteiger partial charge is 0.469 e. The fraction of sp³-hybridized carbons (Fsp3) is 0.667. The van der Waals surface area contributed by atoms with E-state index >= 15 is 0 Å². The minimum Gasteiger partial charge on any atom is -0.469 e. The first-order valence-corrected chi connectivity index (χ1v) is 5.96. The van der Waals surface area contributed by atoms with Crippen LogP contribution in [-0.4, -0.2) is 29.4 Å². The standard InChI is InChI=1S/C12H21N3O2/c1-4-11-10(9-15(2)14-11)8-13-7-5-6-12(16)17-3/h9,13H,4-8H2,1-3H3. The van der Waals surface area contributed by atoms with Gasteiger partial charge < -0.3 is 10.1 Å². The van der Waals surface area contributed by atoms with Gasteiger partial charge in [-0.2, -0.15) is 5.10 Å². The van der Waals surface area contributed by atoms with Gasteiger partial charge in [-0.15, -0.1) is 0 Å². The van der Waals surface area contributed by atoms with Crippen molar-refractivity contribution in [1.82, 2.24) is 15.1 Å². The van der Waals surface area contributed by atoms with E-state index < -0.39 is 0 Å². The lowest BCUT2D eigenvalue weighted by atomic mass is 10.2. The Bertz CT molecular complexity index is 361. The van der Waals surface area contributed by atoms with Crippen LogP contribution in [0.4, 0.5) is 0 Å². The van der Waals surface area contributed by atoms with Crippen molar-refractivity contribution >= 4 is 5.97 Å². The van der Waals surface area contributed by atoms with E-state index in [2.05, 4.69) is 22.1 Å². The number of aromatic nitrogens is 2. The van der Waals surface area contributed by atoms with Crippen molar-refractivity contribution in [2.24, 2.45) is 7.05 Å². The summed E-state index contributed by atoms with van der Waals surface area (Å²) < 4.78 is 6.41. The molecule has 0 aliphatic heterocycles. The summed E-state index contributed by atoms with van der Waals surface area (Å²) in [6.07, 6.45) is 4.25. The Balaban J connectivity index is 2.24. The molecule has 0 atom stereocenters. The average Bonchev–Trinajstić information content (AvgIpc) is 2.69. The van der Waals surface area contributed by atoms with Crippen molar-refractivity contribution in [3.05, 3.63) is 17.5 Å². The van der Waals surface area contributed by atoms with Gasteiger partial charge in [0, 0.05) is 31.8 Å². The van der Waals surface area contributed by atoms with Gasteiger partial charge in [0.2, 0.25) is 0 Å². The Morgan fingerprint density at radius 2 is 2.35 bits per heavy atom. The predicted molar refractivity (Wildman–Crippen MR) is 65.5 cm³/mol. The maximum absolute atomic E-state index is 10.9. The van der Waals surface area contributed by atoms with Gasteiger partial charge >= 0.3 is 5.97 Å². The molecule has 5 heteroatoms. The molecular formula is C12H21N3O2. The van der Waals surface area contributed by atoms with Crippen molar-refractivity contribution in [2.45, 2.75) is 32.7 Å². The third kappa shape index (κ3) is 4.56. The molecule has 0 bridgehead atoms. The van der Waals surface area contributed by atoms with Crippen LogP contribution in [0.5, 0.6) is 0 Å². The molecule has 1 aromatic rings. The molecule has 96 valence electrons. The summed E-state index contributed by atoms with van der Waals surface area (Å²) in [5, 5.41) is 7.68. The topological polar surface area (TPSA) is 56.2 Å². The van der Waals surface area contributed by atoms with E-state index in [0.29, 0.717) is 6.42 Å². The SMILES string of the molecule is CCc1nn(C)cc1CNCCCC(=O)OC. The lowest BCUT2D eigenvalue weighted by molar-refractivity contribution is -0.140. The summed E-state index contributed by atoms with van der Waals surface area (Å²) in [6, 6.07) is 0. The van der Waals surface area contributed by atoms with E-state index in [1.807, 2.05) is 17.9 Å². The molecule has 5 nitrogen and oxygen atoms in total. The van der Waals surface area contributed by atoms with Crippen molar-refractivity contribution in [3.8, 4) is 0 Å². The lowest BCUT2D eigenvalue weighted by Crippen LogP contribution is -2.16. The van der Waals surface area contributed by atoms with Gasteiger partial charge in [0.25, 0.3) is 0 Å². The molecule has 0 saturated carbocycles. The third-order valence-electron chi connectivity index (χ3n) is 2.60. The Morgan fingerprint density at radius 1 is 1.59 bits per heavy atom. The van der Waals surface area contributed by atoms with Crippen molar-refractivity contribution in [3.63, 3.8) is 0 Å². The lowest BCUT2D eigenvalue weighted by Gasteiger charge is -2.03. The Hall–Kier alpha value is -1.36. The average molecular weight is 239 g/mol. The van der Waals surface area contributed by atoms with Crippen molar-refractivity contribution in [1.29, 1.82) is 0 Å². The van der Waals surface area contributed by atoms with E-state index in [9.17, 15) is 4.79 Å². The van der Waals surface area contributed by atoms with Crippen LogP contribution in [0, 0.1) is 0 Å². The summed E-state index contributed by atoms with van der Waals surface area (Å²) in [5.41, 5.74) is 2.36. The normalized spacial score (nSPS) is 10.5. The van der Waals surface area contributed by atoms with Crippen molar-refractivity contribution < 1.29 is 9.53 Å². The molecule has 0 fully saturated rings. The fourth-order valence-electron chi connectivity index (χ4n) is 1.71.